The third-order valence-corrected chi connectivity index (χ3v) is 0.892. The Morgan fingerprint density at radius 3 is 2.88 bits per heavy atom. The Balaban J connectivity index is 2.55. The summed E-state index contributed by atoms with van der Waals surface area (Å²) in [5, 5.41) is 2.61. The van der Waals surface area contributed by atoms with E-state index in [1.165, 1.54) is 0 Å². The highest BCUT2D eigenvalue weighted by molar-refractivity contribution is 5.92. The van der Waals surface area contributed by atoms with Gasteiger partial charge in [0.25, 0.3) is 0 Å². The van der Waals surface area contributed by atoms with Crippen LogP contribution in [0.4, 0.5) is 0 Å². The van der Waals surface area contributed by atoms with E-state index < -0.39 is 0 Å². The van der Waals surface area contributed by atoms with Crippen LogP contribution in [0, 0.1) is 0 Å². The lowest BCUT2D eigenvalue weighted by Gasteiger charge is -2.07. The van der Waals surface area contributed by atoms with Crippen LogP contribution in [-0.4, -0.2) is 24.8 Å². The van der Waals surface area contributed by atoms with Crippen molar-refractivity contribution in [1.29, 1.82) is 0 Å². The fourth-order valence-corrected chi connectivity index (χ4v) is 0.474. The van der Waals surface area contributed by atoms with E-state index >= 15 is 0 Å². The zero-order valence-corrected chi connectivity index (χ0v) is 4.35. The van der Waals surface area contributed by atoms with E-state index in [2.05, 4.69) is 10.3 Å². The number of ketones is 1. The average molecular weight is 113 g/mol. The molecule has 44 valence electrons. The Hall–Kier alpha value is -1.06. The number of guanidine groups is 1. The first-order valence-electron chi connectivity index (χ1n) is 2.34. The highest BCUT2D eigenvalue weighted by Crippen LogP contribution is 1.79. The summed E-state index contributed by atoms with van der Waals surface area (Å²) in [6, 6.07) is 0. The number of hydrogen-bond donors (Lipinski definition) is 2. The highest BCUT2D eigenvalue weighted by atomic mass is 16.1. The van der Waals surface area contributed by atoms with Gasteiger partial charge in [0.1, 0.15) is 6.54 Å². The van der Waals surface area contributed by atoms with Gasteiger partial charge in [-0.15, -0.1) is 0 Å². The molecule has 0 radical (unpaired) electrons. The maximum absolute atomic E-state index is 10.4. The second kappa shape index (κ2) is 1.81. The molecule has 0 aromatic heterocycles. The van der Waals surface area contributed by atoms with Crippen molar-refractivity contribution >= 4 is 11.7 Å². The van der Waals surface area contributed by atoms with Gasteiger partial charge in [0.05, 0.1) is 6.54 Å². The number of rotatable bonds is 0. The molecule has 1 aliphatic rings. The fraction of sp³-hybridized carbons (Fsp3) is 0.500. The predicted molar refractivity (Wildman–Crippen MR) is 29.5 cm³/mol. The number of Topliss-reactive ketones (excluding diaryl/α,β-unsaturated/α-hetero) is 1. The molecule has 1 heterocycles. The van der Waals surface area contributed by atoms with Gasteiger partial charge in [0.15, 0.2) is 11.7 Å². The summed E-state index contributed by atoms with van der Waals surface area (Å²) in [5.74, 6) is 0.448. The molecule has 8 heavy (non-hydrogen) atoms. The Morgan fingerprint density at radius 1 is 1.75 bits per heavy atom. The van der Waals surface area contributed by atoms with Crippen molar-refractivity contribution in [3.8, 4) is 0 Å². The van der Waals surface area contributed by atoms with Crippen LogP contribution < -0.4 is 11.1 Å². The molecule has 1 aliphatic heterocycles. The average Bonchev–Trinajstić information content (AvgIpc) is 1.77. The first kappa shape index (κ1) is 5.08. The molecule has 0 spiro atoms. The van der Waals surface area contributed by atoms with Crippen molar-refractivity contribution < 1.29 is 4.79 Å². The Morgan fingerprint density at radius 2 is 2.50 bits per heavy atom. The van der Waals surface area contributed by atoms with E-state index in [-0.39, 0.29) is 12.3 Å². The molecule has 3 N–H and O–H groups in total. The van der Waals surface area contributed by atoms with Gasteiger partial charge in [-0.1, -0.05) is 0 Å². The topological polar surface area (TPSA) is 67.5 Å². The molecular formula is C4H7N3O. The van der Waals surface area contributed by atoms with Crippen molar-refractivity contribution in [2.75, 3.05) is 13.1 Å². The summed E-state index contributed by atoms with van der Waals surface area (Å²) in [4.78, 5) is 14.0. The van der Waals surface area contributed by atoms with Gasteiger partial charge in [-0.05, 0) is 0 Å². The van der Waals surface area contributed by atoms with Crippen LogP contribution >= 0.6 is 0 Å². The number of nitrogens with zero attached hydrogens (tertiary/aromatic N) is 1. The SMILES string of the molecule is NC1=NCC(=O)CN1. The van der Waals surface area contributed by atoms with Crippen LogP contribution in [0.3, 0.4) is 0 Å². The van der Waals surface area contributed by atoms with E-state index in [0.29, 0.717) is 12.5 Å². The highest BCUT2D eigenvalue weighted by Gasteiger charge is 2.05. The van der Waals surface area contributed by atoms with Crippen LogP contribution in [0.25, 0.3) is 0 Å². The molecule has 0 saturated heterocycles. The third kappa shape index (κ3) is 0.959. The van der Waals surface area contributed by atoms with E-state index in [4.69, 9.17) is 5.73 Å². The van der Waals surface area contributed by atoms with Crippen LogP contribution in [0.5, 0.6) is 0 Å². The Kier molecular flexibility index (Phi) is 1.15. The third-order valence-electron chi connectivity index (χ3n) is 0.892. The van der Waals surface area contributed by atoms with Crippen molar-refractivity contribution in [2.24, 2.45) is 10.7 Å². The van der Waals surface area contributed by atoms with Crippen molar-refractivity contribution in [3.63, 3.8) is 0 Å². The Labute approximate surface area is 46.8 Å². The normalized spacial score (nSPS) is 19.5. The van der Waals surface area contributed by atoms with E-state index in [0.717, 1.165) is 0 Å². The number of aliphatic imine (C=N–C) groups is 1. The molecule has 0 aromatic carbocycles. The van der Waals surface area contributed by atoms with Gasteiger partial charge in [-0.25, -0.2) is 4.99 Å². The van der Waals surface area contributed by atoms with E-state index in [1.807, 2.05) is 0 Å². The van der Waals surface area contributed by atoms with Crippen LogP contribution in [0.15, 0.2) is 4.99 Å². The number of hydrogen-bond acceptors (Lipinski definition) is 4. The van der Waals surface area contributed by atoms with Crippen LogP contribution in [0.2, 0.25) is 0 Å². The number of nitrogens with one attached hydrogen (secondary N) is 1. The zero-order chi connectivity index (χ0) is 5.98. The lowest BCUT2D eigenvalue weighted by atomic mass is 10.4. The van der Waals surface area contributed by atoms with Gasteiger partial charge in [0.2, 0.25) is 0 Å². The van der Waals surface area contributed by atoms with Gasteiger partial charge < -0.3 is 11.1 Å². The smallest absolute Gasteiger partial charge is 0.189 e. The first-order valence-corrected chi connectivity index (χ1v) is 2.34. The molecule has 4 nitrogen and oxygen atoms in total. The van der Waals surface area contributed by atoms with Gasteiger partial charge in [0, 0.05) is 0 Å². The maximum atomic E-state index is 10.4. The van der Waals surface area contributed by atoms with E-state index in [1.54, 1.807) is 0 Å². The molecule has 4 heteroatoms. The molecule has 0 bridgehead atoms. The summed E-state index contributed by atoms with van der Waals surface area (Å²) in [7, 11) is 0. The summed E-state index contributed by atoms with van der Waals surface area (Å²) in [5.41, 5.74) is 5.18. The summed E-state index contributed by atoms with van der Waals surface area (Å²) in [6.07, 6.45) is 0. The lowest BCUT2D eigenvalue weighted by molar-refractivity contribution is -0.116. The monoisotopic (exact) mass is 113 g/mol. The molecular weight excluding hydrogens is 106 g/mol. The predicted octanol–water partition coefficient (Wildman–Crippen LogP) is -1.53. The van der Waals surface area contributed by atoms with Gasteiger partial charge >= 0.3 is 0 Å². The number of nitrogens with two attached hydrogens (primary N) is 1. The molecule has 0 saturated carbocycles. The quantitative estimate of drug-likeness (QED) is 0.400. The van der Waals surface area contributed by atoms with Crippen molar-refractivity contribution in [2.45, 2.75) is 0 Å². The number of carbonyl (C=O) groups excluding carboxylic acids is 1. The summed E-state index contributed by atoms with van der Waals surface area (Å²) >= 11 is 0. The Bertz CT molecular complexity index is 140. The molecule has 0 aliphatic carbocycles. The molecule has 0 atom stereocenters. The summed E-state index contributed by atoms with van der Waals surface area (Å²) < 4.78 is 0. The molecule has 0 unspecified atom stereocenters. The van der Waals surface area contributed by atoms with Crippen LogP contribution in [0.1, 0.15) is 0 Å². The zero-order valence-electron chi connectivity index (χ0n) is 4.35. The lowest BCUT2D eigenvalue weighted by Crippen LogP contribution is -2.40. The first-order chi connectivity index (χ1) is 3.79. The molecule has 0 amide bonds. The van der Waals surface area contributed by atoms with Crippen molar-refractivity contribution in [3.05, 3.63) is 0 Å². The molecule has 0 fully saturated rings. The van der Waals surface area contributed by atoms with Crippen molar-refractivity contribution in [1.82, 2.24) is 5.32 Å². The second-order valence-electron chi connectivity index (χ2n) is 1.59. The minimum absolute atomic E-state index is 0.0826. The van der Waals surface area contributed by atoms with E-state index in [9.17, 15) is 4.79 Å². The number of carbonyl (C=O) groups is 1. The minimum Gasteiger partial charge on any atom is -0.370 e. The van der Waals surface area contributed by atoms with Gasteiger partial charge in [-0.3, -0.25) is 4.79 Å². The van der Waals surface area contributed by atoms with Crippen LogP contribution in [-0.2, 0) is 4.79 Å². The maximum Gasteiger partial charge on any atom is 0.189 e. The molecule has 1 rings (SSSR count). The minimum atomic E-state index is 0.0826. The molecule has 0 aromatic rings. The summed E-state index contributed by atoms with van der Waals surface area (Å²) in [6.45, 7) is 0.564. The second-order valence-corrected chi connectivity index (χ2v) is 1.59. The standard InChI is InChI=1S/C4H7N3O/c5-4-6-1-3(8)2-7-4/h1-2H2,(H3,5,6,7). The van der Waals surface area contributed by atoms with Gasteiger partial charge in [-0.2, -0.15) is 0 Å². The largest absolute Gasteiger partial charge is 0.370 e. The fourth-order valence-electron chi connectivity index (χ4n) is 0.474.